The molecular formula is C13H16N4. The lowest BCUT2D eigenvalue weighted by Gasteiger charge is -2.14. The normalized spacial score (nSPS) is 15.1. The quantitative estimate of drug-likeness (QED) is 0.809. The highest BCUT2D eigenvalue weighted by atomic mass is 15.3. The molecule has 2 heterocycles. The van der Waals surface area contributed by atoms with Crippen LogP contribution in [0.2, 0.25) is 0 Å². The molecule has 2 aromatic rings. The summed E-state index contributed by atoms with van der Waals surface area (Å²) >= 11 is 0. The Morgan fingerprint density at radius 3 is 2.88 bits per heavy atom. The Balaban J connectivity index is 1.62. The van der Waals surface area contributed by atoms with Gasteiger partial charge in [-0.05, 0) is 29.3 Å². The van der Waals surface area contributed by atoms with Crippen molar-refractivity contribution < 1.29 is 0 Å². The molecule has 17 heavy (non-hydrogen) atoms. The van der Waals surface area contributed by atoms with E-state index in [9.17, 15) is 0 Å². The first-order valence-electron chi connectivity index (χ1n) is 5.88. The van der Waals surface area contributed by atoms with Crippen molar-refractivity contribution in [2.75, 3.05) is 12.3 Å². The smallest absolute Gasteiger partial charge is 0.0536 e. The van der Waals surface area contributed by atoms with Gasteiger partial charge in [0, 0.05) is 37.7 Å². The van der Waals surface area contributed by atoms with Crippen molar-refractivity contribution in [1.29, 1.82) is 0 Å². The van der Waals surface area contributed by atoms with Gasteiger partial charge in [-0.1, -0.05) is 6.07 Å². The number of aromatic nitrogens is 2. The van der Waals surface area contributed by atoms with E-state index in [0.29, 0.717) is 0 Å². The number of nitrogens with zero attached hydrogens (tertiary/aromatic N) is 3. The van der Waals surface area contributed by atoms with Gasteiger partial charge in [0.25, 0.3) is 0 Å². The van der Waals surface area contributed by atoms with E-state index in [0.717, 1.165) is 31.9 Å². The number of anilines is 1. The maximum Gasteiger partial charge on any atom is 0.0536 e. The Bertz CT molecular complexity index is 504. The van der Waals surface area contributed by atoms with Gasteiger partial charge in [-0.2, -0.15) is 5.10 Å². The van der Waals surface area contributed by atoms with Crippen molar-refractivity contribution in [3.05, 3.63) is 47.8 Å². The summed E-state index contributed by atoms with van der Waals surface area (Å²) in [6.45, 7) is 3.99. The van der Waals surface area contributed by atoms with Gasteiger partial charge in [-0.25, -0.2) is 0 Å². The minimum atomic E-state index is 0.859. The predicted octanol–water partition coefficient (Wildman–Crippen LogP) is 1.48. The summed E-state index contributed by atoms with van der Waals surface area (Å²) in [5.41, 5.74) is 9.42. The molecule has 1 aliphatic heterocycles. The number of nitrogen functional groups attached to an aromatic ring is 1. The number of hydrogen-bond acceptors (Lipinski definition) is 3. The third-order valence-corrected chi connectivity index (χ3v) is 3.22. The van der Waals surface area contributed by atoms with E-state index in [-0.39, 0.29) is 0 Å². The van der Waals surface area contributed by atoms with Crippen molar-refractivity contribution in [1.82, 2.24) is 14.7 Å². The van der Waals surface area contributed by atoms with E-state index in [4.69, 9.17) is 5.73 Å². The maximum atomic E-state index is 5.79. The SMILES string of the molecule is Nc1ccc2c(c1)CN(CCn1cccn1)C2. The van der Waals surface area contributed by atoms with Crippen molar-refractivity contribution >= 4 is 5.69 Å². The molecule has 0 amide bonds. The van der Waals surface area contributed by atoms with Crippen LogP contribution in [0.1, 0.15) is 11.1 Å². The average Bonchev–Trinajstić information content (AvgIpc) is 2.94. The molecule has 1 aliphatic rings. The van der Waals surface area contributed by atoms with Crippen molar-refractivity contribution in [2.45, 2.75) is 19.6 Å². The van der Waals surface area contributed by atoms with E-state index in [2.05, 4.69) is 22.1 Å². The highest BCUT2D eigenvalue weighted by Crippen LogP contribution is 2.24. The van der Waals surface area contributed by atoms with Gasteiger partial charge >= 0.3 is 0 Å². The Labute approximate surface area is 101 Å². The topological polar surface area (TPSA) is 47.1 Å². The lowest BCUT2D eigenvalue weighted by Crippen LogP contribution is -2.22. The summed E-state index contributed by atoms with van der Waals surface area (Å²) in [5, 5.41) is 4.21. The molecule has 88 valence electrons. The van der Waals surface area contributed by atoms with E-state index in [1.807, 2.05) is 29.2 Å². The zero-order valence-electron chi connectivity index (χ0n) is 9.71. The van der Waals surface area contributed by atoms with Gasteiger partial charge < -0.3 is 5.73 Å². The average molecular weight is 228 g/mol. The molecular weight excluding hydrogens is 212 g/mol. The fourth-order valence-corrected chi connectivity index (χ4v) is 2.32. The zero-order valence-corrected chi connectivity index (χ0v) is 9.71. The van der Waals surface area contributed by atoms with Gasteiger partial charge in [-0.15, -0.1) is 0 Å². The number of rotatable bonds is 3. The highest BCUT2D eigenvalue weighted by molar-refractivity contribution is 5.46. The fraction of sp³-hybridized carbons (Fsp3) is 0.308. The van der Waals surface area contributed by atoms with Crippen LogP contribution in [0.4, 0.5) is 5.69 Å². The fourth-order valence-electron chi connectivity index (χ4n) is 2.32. The second-order valence-corrected chi connectivity index (χ2v) is 4.51. The number of nitrogens with two attached hydrogens (primary N) is 1. The number of hydrogen-bond donors (Lipinski definition) is 1. The largest absolute Gasteiger partial charge is 0.399 e. The van der Waals surface area contributed by atoms with E-state index in [1.165, 1.54) is 11.1 Å². The van der Waals surface area contributed by atoms with Crippen molar-refractivity contribution in [2.24, 2.45) is 0 Å². The Morgan fingerprint density at radius 1 is 1.18 bits per heavy atom. The number of benzene rings is 1. The van der Waals surface area contributed by atoms with Gasteiger partial charge in [0.2, 0.25) is 0 Å². The van der Waals surface area contributed by atoms with Crippen LogP contribution < -0.4 is 5.73 Å². The third-order valence-electron chi connectivity index (χ3n) is 3.22. The van der Waals surface area contributed by atoms with Crippen LogP contribution in [-0.2, 0) is 19.6 Å². The minimum absolute atomic E-state index is 0.859. The molecule has 0 bridgehead atoms. The maximum absolute atomic E-state index is 5.79. The summed E-state index contributed by atoms with van der Waals surface area (Å²) in [7, 11) is 0. The summed E-state index contributed by atoms with van der Waals surface area (Å²) in [6.07, 6.45) is 3.82. The molecule has 0 aliphatic carbocycles. The van der Waals surface area contributed by atoms with Crippen LogP contribution in [0.5, 0.6) is 0 Å². The third kappa shape index (κ3) is 2.17. The molecule has 0 saturated heterocycles. The first-order valence-corrected chi connectivity index (χ1v) is 5.88. The van der Waals surface area contributed by atoms with Crippen LogP contribution >= 0.6 is 0 Å². The highest BCUT2D eigenvalue weighted by Gasteiger charge is 2.18. The molecule has 0 saturated carbocycles. The molecule has 4 heteroatoms. The summed E-state index contributed by atoms with van der Waals surface area (Å²) in [4.78, 5) is 2.42. The van der Waals surface area contributed by atoms with Gasteiger partial charge in [-0.3, -0.25) is 9.58 Å². The van der Waals surface area contributed by atoms with Gasteiger partial charge in [0.05, 0.1) is 6.54 Å². The number of fused-ring (bicyclic) bond motifs is 1. The molecule has 0 atom stereocenters. The molecule has 0 unspecified atom stereocenters. The van der Waals surface area contributed by atoms with Gasteiger partial charge in [0.1, 0.15) is 0 Å². The van der Waals surface area contributed by atoms with Gasteiger partial charge in [0.15, 0.2) is 0 Å². The summed E-state index contributed by atoms with van der Waals surface area (Å²) in [6, 6.07) is 8.16. The molecule has 0 radical (unpaired) electrons. The van der Waals surface area contributed by atoms with Crippen LogP contribution in [0.3, 0.4) is 0 Å². The van der Waals surface area contributed by atoms with Crippen molar-refractivity contribution in [3.63, 3.8) is 0 Å². The Morgan fingerprint density at radius 2 is 2.06 bits per heavy atom. The molecule has 3 rings (SSSR count). The van der Waals surface area contributed by atoms with Crippen LogP contribution in [0.25, 0.3) is 0 Å². The molecule has 0 spiro atoms. The van der Waals surface area contributed by atoms with Crippen LogP contribution in [0.15, 0.2) is 36.7 Å². The van der Waals surface area contributed by atoms with Crippen molar-refractivity contribution in [3.8, 4) is 0 Å². The van der Waals surface area contributed by atoms with Crippen LogP contribution in [-0.4, -0.2) is 21.2 Å². The van der Waals surface area contributed by atoms with E-state index >= 15 is 0 Å². The molecule has 1 aromatic carbocycles. The summed E-state index contributed by atoms with van der Waals surface area (Å²) < 4.78 is 1.97. The lowest BCUT2D eigenvalue weighted by atomic mass is 10.1. The molecule has 4 nitrogen and oxygen atoms in total. The second-order valence-electron chi connectivity index (χ2n) is 4.51. The minimum Gasteiger partial charge on any atom is -0.399 e. The van der Waals surface area contributed by atoms with E-state index in [1.54, 1.807) is 0 Å². The Kier molecular flexibility index (Phi) is 2.57. The molecule has 0 fully saturated rings. The first-order chi connectivity index (χ1) is 8.31. The Hall–Kier alpha value is -1.81. The molecule has 1 aromatic heterocycles. The second kappa shape index (κ2) is 4.22. The lowest BCUT2D eigenvalue weighted by molar-refractivity contribution is 0.267. The predicted molar refractivity (Wildman–Crippen MR) is 67.2 cm³/mol. The standard InChI is InChI=1S/C13H16N4/c14-13-3-2-11-9-16(10-12(11)8-13)6-7-17-5-1-4-15-17/h1-5,8H,6-7,9-10,14H2. The molecule has 2 N–H and O–H groups in total. The zero-order chi connectivity index (χ0) is 11.7. The first kappa shape index (κ1) is 10.4. The van der Waals surface area contributed by atoms with E-state index < -0.39 is 0 Å². The summed E-state index contributed by atoms with van der Waals surface area (Å²) in [5.74, 6) is 0. The monoisotopic (exact) mass is 228 g/mol. The van der Waals surface area contributed by atoms with Crippen LogP contribution in [0, 0.1) is 0 Å².